The van der Waals surface area contributed by atoms with Crippen molar-refractivity contribution < 1.29 is 24.5 Å². The fourth-order valence-corrected chi connectivity index (χ4v) is 3.95. The second kappa shape index (κ2) is 10.6. The number of nitrogens with zero attached hydrogens (tertiary/aromatic N) is 1. The molecule has 0 aromatic carbocycles. The zero-order valence-electron chi connectivity index (χ0n) is 17.2. The molecule has 1 saturated carbocycles. The van der Waals surface area contributed by atoms with E-state index in [1.165, 1.54) is 19.3 Å². The van der Waals surface area contributed by atoms with E-state index in [0.29, 0.717) is 32.1 Å². The molecule has 1 saturated heterocycles. The van der Waals surface area contributed by atoms with Gasteiger partial charge in [0, 0.05) is 19.6 Å². The Hall–Kier alpha value is -0.890. The average Bonchev–Trinajstić information content (AvgIpc) is 2.60. The first-order valence-corrected chi connectivity index (χ1v) is 10.4. The van der Waals surface area contributed by atoms with Crippen molar-refractivity contribution in [3.8, 4) is 0 Å². The molecule has 3 N–H and O–H groups in total. The molecule has 2 rings (SSSR count). The highest BCUT2D eigenvalue weighted by Crippen LogP contribution is 2.28. The summed E-state index contributed by atoms with van der Waals surface area (Å²) in [5, 5.41) is 24.2. The first-order chi connectivity index (χ1) is 12.7. The molecule has 3 atom stereocenters. The molecule has 0 aromatic heterocycles. The predicted octanol–water partition coefficient (Wildman–Crippen LogP) is 1.90. The Bertz CT molecular complexity index is 442. The van der Waals surface area contributed by atoms with E-state index in [9.17, 15) is 15.0 Å². The first kappa shape index (κ1) is 22.4. The van der Waals surface area contributed by atoms with Crippen LogP contribution in [0.25, 0.3) is 0 Å². The summed E-state index contributed by atoms with van der Waals surface area (Å²) < 4.78 is 10.7. The lowest BCUT2D eigenvalue weighted by Crippen LogP contribution is -2.54. The predicted molar refractivity (Wildman–Crippen MR) is 104 cm³/mol. The molecule has 27 heavy (non-hydrogen) atoms. The van der Waals surface area contributed by atoms with Crippen LogP contribution in [0.2, 0.25) is 0 Å². The lowest BCUT2D eigenvalue weighted by Gasteiger charge is -2.35. The molecule has 2 fully saturated rings. The summed E-state index contributed by atoms with van der Waals surface area (Å²) in [5.74, 6) is 0.462. The van der Waals surface area contributed by atoms with Gasteiger partial charge in [0.25, 0.3) is 0 Å². The van der Waals surface area contributed by atoms with E-state index < -0.39 is 29.9 Å². The number of hydrogen-bond acceptors (Lipinski definition) is 6. The molecule has 0 spiro atoms. The molecular weight excluding hydrogens is 348 g/mol. The molecule has 1 aliphatic heterocycles. The highest BCUT2D eigenvalue weighted by atomic mass is 16.6. The summed E-state index contributed by atoms with van der Waals surface area (Å²) in [7, 11) is 0. The molecule has 7 nitrogen and oxygen atoms in total. The Morgan fingerprint density at radius 2 is 1.81 bits per heavy atom. The van der Waals surface area contributed by atoms with Crippen LogP contribution in [0.3, 0.4) is 0 Å². The minimum absolute atomic E-state index is 0.377. The van der Waals surface area contributed by atoms with Gasteiger partial charge in [-0.25, -0.2) is 4.79 Å². The van der Waals surface area contributed by atoms with Gasteiger partial charge in [-0.05, 0) is 33.1 Å². The summed E-state index contributed by atoms with van der Waals surface area (Å²) >= 11 is 0. The molecule has 1 amide bonds. The van der Waals surface area contributed by atoms with Gasteiger partial charge in [-0.2, -0.15) is 0 Å². The van der Waals surface area contributed by atoms with Crippen LogP contribution in [-0.4, -0.2) is 77.9 Å². The number of alkyl carbamates (subject to hydrolysis) is 1. The molecule has 0 aromatic rings. The van der Waals surface area contributed by atoms with Gasteiger partial charge in [-0.15, -0.1) is 0 Å². The van der Waals surface area contributed by atoms with Gasteiger partial charge in [0.1, 0.15) is 11.7 Å². The number of ether oxygens (including phenoxy) is 2. The molecule has 7 heteroatoms. The zero-order valence-corrected chi connectivity index (χ0v) is 17.2. The Morgan fingerprint density at radius 3 is 2.41 bits per heavy atom. The van der Waals surface area contributed by atoms with Crippen LogP contribution in [0.1, 0.15) is 59.3 Å². The van der Waals surface area contributed by atoms with Crippen LogP contribution in [0.4, 0.5) is 4.79 Å². The topological polar surface area (TPSA) is 91.3 Å². The third kappa shape index (κ3) is 8.34. The Kier molecular flexibility index (Phi) is 8.79. The Morgan fingerprint density at radius 1 is 1.19 bits per heavy atom. The van der Waals surface area contributed by atoms with Crippen molar-refractivity contribution in [2.75, 3.05) is 32.8 Å². The van der Waals surface area contributed by atoms with E-state index in [1.54, 1.807) is 0 Å². The van der Waals surface area contributed by atoms with Gasteiger partial charge >= 0.3 is 6.09 Å². The smallest absolute Gasteiger partial charge is 0.407 e. The molecule has 0 unspecified atom stereocenters. The molecule has 1 aliphatic carbocycles. The van der Waals surface area contributed by atoms with Crippen molar-refractivity contribution in [3.63, 3.8) is 0 Å². The minimum Gasteiger partial charge on any atom is -0.444 e. The number of hydrogen-bond donors (Lipinski definition) is 3. The standard InChI is InChI=1S/C20H38N2O5/c1-20(2,3)27-19(25)21-16(13-15-7-5-4-6-8-15)18(24)17(23)14-22-9-11-26-12-10-22/h15-18,23-24H,4-14H2,1-3H3,(H,21,25)/t16-,17-,18+/m0/s1. The first-order valence-electron chi connectivity index (χ1n) is 10.4. The number of rotatable bonds is 7. The third-order valence-corrected chi connectivity index (χ3v) is 5.37. The van der Waals surface area contributed by atoms with Gasteiger partial charge in [0.2, 0.25) is 0 Å². The van der Waals surface area contributed by atoms with Crippen LogP contribution in [0.5, 0.6) is 0 Å². The summed E-state index contributed by atoms with van der Waals surface area (Å²) in [6.45, 7) is 8.59. The second-order valence-electron chi connectivity index (χ2n) is 8.96. The molecule has 1 heterocycles. The number of amides is 1. The monoisotopic (exact) mass is 386 g/mol. The van der Waals surface area contributed by atoms with E-state index >= 15 is 0 Å². The van der Waals surface area contributed by atoms with Crippen LogP contribution < -0.4 is 5.32 Å². The Labute approximate surface area is 163 Å². The van der Waals surface area contributed by atoms with Gasteiger partial charge < -0.3 is 25.0 Å². The minimum atomic E-state index is -1.03. The van der Waals surface area contributed by atoms with E-state index in [4.69, 9.17) is 9.47 Å². The molecule has 158 valence electrons. The maximum absolute atomic E-state index is 12.3. The number of carbonyl (C=O) groups excluding carboxylic acids is 1. The second-order valence-corrected chi connectivity index (χ2v) is 8.96. The summed E-state index contributed by atoms with van der Waals surface area (Å²) in [6.07, 6.45) is 4.03. The Balaban J connectivity index is 1.96. The number of aliphatic hydroxyl groups excluding tert-OH is 2. The molecule has 0 radical (unpaired) electrons. The molecule has 2 aliphatic rings. The van der Waals surface area contributed by atoms with Crippen LogP contribution in [-0.2, 0) is 9.47 Å². The zero-order chi connectivity index (χ0) is 19.9. The number of nitrogens with one attached hydrogen (secondary N) is 1. The highest BCUT2D eigenvalue weighted by molar-refractivity contribution is 5.68. The maximum atomic E-state index is 12.3. The number of aliphatic hydroxyl groups is 2. The normalized spacial score (nSPS) is 23.4. The van der Waals surface area contributed by atoms with Crippen molar-refractivity contribution in [2.45, 2.75) is 83.1 Å². The largest absolute Gasteiger partial charge is 0.444 e. The van der Waals surface area contributed by atoms with Crippen LogP contribution in [0, 0.1) is 5.92 Å². The van der Waals surface area contributed by atoms with Gasteiger partial charge in [0.15, 0.2) is 0 Å². The number of carbonyl (C=O) groups is 1. The number of β-amino-alcohol motifs (C(OH)–C–C–N with tert-alkyl or cyclic N) is 1. The van der Waals surface area contributed by atoms with Gasteiger partial charge in [-0.3, -0.25) is 4.90 Å². The van der Waals surface area contributed by atoms with E-state index in [0.717, 1.165) is 25.9 Å². The van der Waals surface area contributed by atoms with Crippen LogP contribution >= 0.6 is 0 Å². The molecule has 0 bridgehead atoms. The van der Waals surface area contributed by atoms with Crippen molar-refractivity contribution in [1.29, 1.82) is 0 Å². The molecular formula is C20H38N2O5. The van der Waals surface area contributed by atoms with Crippen molar-refractivity contribution in [3.05, 3.63) is 0 Å². The van der Waals surface area contributed by atoms with Crippen molar-refractivity contribution in [2.24, 2.45) is 5.92 Å². The SMILES string of the molecule is CC(C)(C)OC(=O)N[C@@H](CC1CCCCC1)[C@@H](O)[C@@H](O)CN1CCOCC1. The number of morpholine rings is 1. The van der Waals surface area contributed by atoms with Crippen molar-refractivity contribution >= 4 is 6.09 Å². The quantitative estimate of drug-likeness (QED) is 0.619. The van der Waals surface area contributed by atoms with E-state index in [2.05, 4.69) is 10.2 Å². The van der Waals surface area contributed by atoms with E-state index in [-0.39, 0.29) is 0 Å². The summed E-state index contributed by atoms with van der Waals surface area (Å²) in [5.41, 5.74) is -0.600. The third-order valence-electron chi connectivity index (χ3n) is 5.37. The summed E-state index contributed by atoms with van der Waals surface area (Å²) in [4.78, 5) is 14.4. The lowest BCUT2D eigenvalue weighted by molar-refractivity contribution is -0.0452. The van der Waals surface area contributed by atoms with Gasteiger partial charge in [0.05, 0.1) is 25.4 Å². The summed E-state index contributed by atoms with van der Waals surface area (Å²) in [6, 6.07) is -0.515. The van der Waals surface area contributed by atoms with Crippen molar-refractivity contribution in [1.82, 2.24) is 10.2 Å². The lowest BCUT2D eigenvalue weighted by atomic mass is 9.83. The average molecular weight is 387 g/mol. The fourth-order valence-electron chi connectivity index (χ4n) is 3.95. The maximum Gasteiger partial charge on any atom is 0.407 e. The highest BCUT2D eigenvalue weighted by Gasteiger charge is 2.33. The fraction of sp³-hybridized carbons (Fsp3) is 0.950. The van der Waals surface area contributed by atoms with E-state index in [1.807, 2.05) is 20.8 Å². The van der Waals surface area contributed by atoms with Gasteiger partial charge in [-0.1, -0.05) is 32.1 Å². The van der Waals surface area contributed by atoms with Crippen LogP contribution in [0.15, 0.2) is 0 Å².